The van der Waals surface area contributed by atoms with Crippen LogP contribution < -0.4 is 0 Å². The van der Waals surface area contributed by atoms with Gasteiger partial charge >= 0.3 is 0 Å². The Morgan fingerprint density at radius 3 is 2.45 bits per heavy atom. The molecular formula is C18H14N2. The first kappa shape index (κ1) is 12.3. The zero-order valence-electron chi connectivity index (χ0n) is 11.2. The molecule has 2 aromatic carbocycles. The highest BCUT2D eigenvalue weighted by atomic mass is 14.9. The summed E-state index contributed by atoms with van der Waals surface area (Å²) in [5.74, 6) is 0. The van der Waals surface area contributed by atoms with E-state index >= 15 is 0 Å². The molecule has 0 aliphatic carbocycles. The van der Waals surface area contributed by atoms with E-state index in [1.54, 1.807) is 0 Å². The summed E-state index contributed by atoms with van der Waals surface area (Å²) < 4.78 is 2.18. The molecule has 0 amide bonds. The Labute approximate surface area is 118 Å². The summed E-state index contributed by atoms with van der Waals surface area (Å²) in [5, 5.41) is 10.0. The Morgan fingerprint density at radius 1 is 1.00 bits per heavy atom. The first-order valence-corrected chi connectivity index (χ1v) is 6.50. The Kier molecular flexibility index (Phi) is 3.10. The molecule has 1 heterocycles. The maximum atomic E-state index is 8.78. The Bertz CT molecular complexity index is 815. The number of aryl methyl sites for hydroxylation is 1. The minimum absolute atomic E-state index is 0.687. The average Bonchev–Trinajstić information content (AvgIpc) is 2.83. The molecule has 0 aliphatic rings. The van der Waals surface area contributed by atoms with Gasteiger partial charge < -0.3 is 4.57 Å². The number of aromatic nitrogens is 1. The lowest BCUT2D eigenvalue weighted by Crippen LogP contribution is -1.89. The molecule has 0 aliphatic heterocycles. The first-order chi connectivity index (χ1) is 9.78. The maximum Gasteiger partial charge on any atom is 0.0991 e. The van der Waals surface area contributed by atoms with Gasteiger partial charge in [-0.15, -0.1) is 0 Å². The Morgan fingerprint density at radius 2 is 1.75 bits per heavy atom. The maximum absolute atomic E-state index is 8.78. The third-order valence-corrected chi connectivity index (χ3v) is 3.48. The van der Waals surface area contributed by atoms with E-state index < -0.39 is 0 Å². The second-order valence-electron chi connectivity index (χ2n) is 4.75. The van der Waals surface area contributed by atoms with Gasteiger partial charge in [0.15, 0.2) is 0 Å². The van der Waals surface area contributed by atoms with Gasteiger partial charge in [-0.1, -0.05) is 36.4 Å². The summed E-state index contributed by atoms with van der Waals surface area (Å²) in [6, 6.07) is 20.2. The molecule has 2 nitrogen and oxygen atoms in total. The third-order valence-electron chi connectivity index (χ3n) is 3.48. The minimum atomic E-state index is 0.687. The number of para-hydroxylation sites is 1. The molecular weight excluding hydrogens is 244 g/mol. The van der Waals surface area contributed by atoms with Crippen molar-refractivity contribution >= 4 is 23.1 Å². The van der Waals surface area contributed by atoms with Gasteiger partial charge in [-0.25, -0.2) is 0 Å². The van der Waals surface area contributed by atoms with E-state index in [4.69, 9.17) is 5.26 Å². The van der Waals surface area contributed by atoms with Crippen molar-refractivity contribution in [1.82, 2.24) is 4.57 Å². The fourth-order valence-electron chi connectivity index (χ4n) is 2.32. The molecule has 0 spiro atoms. The normalized spacial score (nSPS) is 11.0. The molecule has 0 N–H and O–H groups in total. The van der Waals surface area contributed by atoms with Crippen LogP contribution in [0.5, 0.6) is 0 Å². The van der Waals surface area contributed by atoms with Crippen molar-refractivity contribution in [3.63, 3.8) is 0 Å². The predicted molar refractivity (Wildman–Crippen MR) is 83.0 cm³/mol. The zero-order valence-corrected chi connectivity index (χ0v) is 11.2. The van der Waals surface area contributed by atoms with Crippen molar-refractivity contribution < 1.29 is 0 Å². The van der Waals surface area contributed by atoms with Gasteiger partial charge in [0, 0.05) is 23.6 Å². The van der Waals surface area contributed by atoms with Crippen LogP contribution in [-0.2, 0) is 7.05 Å². The molecule has 0 unspecified atom stereocenters. The third kappa shape index (κ3) is 2.22. The number of hydrogen-bond acceptors (Lipinski definition) is 1. The molecule has 0 atom stereocenters. The number of fused-ring (bicyclic) bond motifs is 1. The van der Waals surface area contributed by atoms with Crippen LogP contribution in [0.4, 0.5) is 0 Å². The lowest BCUT2D eigenvalue weighted by Gasteiger charge is -1.99. The van der Waals surface area contributed by atoms with Crippen LogP contribution in [0.3, 0.4) is 0 Å². The minimum Gasteiger partial charge on any atom is -0.344 e. The van der Waals surface area contributed by atoms with E-state index in [-0.39, 0.29) is 0 Å². The molecule has 0 radical (unpaired) electrons. The highest BCUT2D eigenvalue weighted by molar-refractivity contribution is 5.85. The Balaban J connectivity index is 1.94. The second kappa shape index (κ2) is 5.07. The SMILES string of the molecule is Cn1c(C=Cc2ccc(C#N)cc2)cc2ccccc21. The number of rotatable bonds is 2. The number of benzene rings is 2. The topological polar surface area (TPSA) is 28.7 Å². The molecule has 0 bridgehead atoms. The smallest absolute Gasteiger partial charge is 0.0991 e. The van der Waals surface area contributed by atoms with E-state index in [9.17, 15) is 0 Å². The van der Waals surface area contributed by atoms with Crippen molar-refractivity contribution in [3.05, 3.63) is 71.4 Å². The highest BCUT2D eigenvalue weighted by Gasteiger charge is 2.01. The first-order valence-electron chi connectivity index (χ1n) is 6.50. The summed E-state index contributed by atoms with van der Waals surface area (Å²) in [6.07, 6.45) is 4.16. The summed E-state index contributed by atoms with van der Waals surface area (Å²) in [5.41, 5.74) is 4.17. The van der Waals surface area contributed by atoms with Crippen LogP contribution in [-0.4, -0.2) is 4.57 Å². The van der Waals surface area contributed by atoms with Crippen molar-refractivity contribution in [3.8, 4) is 6.07 Å². The molecule has 96 valence electrons. The van der Waals surface area contributed by atoms with E-state index in [1.165, 1.54) is 10.9 Å². The van der Waals surface area contributed by atoms with E-state index in [0.717, 1.165) is 11.3 Å². The molecule has 3 aromatic rings. The van der Waals surface area contributed by atoms with Crippen LogP contribution in [0.2, 0.25) is 0 Å². The molecule has 1 aromatic heterocycles. The van der Waals surface area contributed by atoms with Crippen LogP contribution in [0.15, 0.2) is 54.6 Å². The number of hydrogen-bond donors (Lipinski definition) is 0. The van der Waals surface area contributed by atoms with Gasteiger partial charge in [0.2, 0.25) is 0 Å². The van der Waals surface area contributed by atoms with Gasteiger partial charge in [-0.2, -0.15) is 5.26 Å². The van der Waals surface area contributed by atoms with Crippen molar-refractivity contribution in [2.45, 2.75) is 0 Å². The van der Waals surface area contributed by atoms with E-state index in [1.807, 2.05) is 24.3 Å². The molecule has 0 saturated carbocycles. The summed E-state index contributed by atoms with van der Waals surface area (Å²) in [6.45, 7) is 0. The van der Waals surface area contributed by atoms with Crippen molar-refractivity contribution in [1.29, 1.82) is 5.26 Å². The van der Waals surface area contributed by atoms with Crippen molar-refractivity contribution in [2.75, 3.05) is 0 Å². The van der Waals surface area contributed by atoms with Crippen LogP contribution in [0, 0.1) is 11.3 Å². The lowest BCUT2D eigenvalue weighted by molar-refractivity contribution is 0.955. The van der Waals surface area contributed by atoms with Crippen LogP contribution >= 0.6 is 0 Å². The quantitative estimate of drug-likeness (QED) is 0.676. The average molecular weight is 258 g/mol. The molecule has 3 rings (SSSR count). The summed E-state index contributed by atoms with van der Waals surface area (Å²) >= 11 is 0. The molecule has 0 fully saturated rings. The molecule has 20 heavy (non-hydrogen) atoms. The van der Waals surface area contributed by atoms with Crippen LogP contribution in [0.25, 0.3) is 23.1 Å². The highest BCUT2D eigenvalue weighted by Crippen LogP contribution is 2.20. The summed E-state index contributed by atoms with van der Waals surface area (Å²) in [4.78, 5) is 0. The fraction of sp³-hybridized carbons (Fsp3) is 0.0556. The number of nitrogens with zero attached hydrogens (tertiary/aromatic N) is 2. The van der Waals surface area contributed by atoms with E-state index in [0.29, 0.717) is 5.56 Å². The van der Waals surface area contributed by atoms with Crippen molar-refractivity contribution in [2.24, 2.45) is 7.05 Å². The van der Waals surface area contributed by atoms with Gasteiger partial charge in [-0.3, -0.25) is 0 Å². The Hall–Kier alpha value is -2.79. The largest absolute Gasteiger partial charge is 0.344 e. The predicted octanol–water partition coefficient (Wildman–Crippen LogP) is 4.22. The summed E-state index contributed by atoms with van der Waals surface area (Å²) in [7, 11) is 2.07. The monoisotopic (exact) mass is 258 g/mol. The van der Waals surface area contributed by atoms with E-state index in [2.05, 4.69) is 60.2 Å². The fourth-order valence-corrected chi connectivity index (χ4v) is 2.32. The van der Waals surface area contributed by atoms with Gasteiger partial charge in [0.05, 0.1) is 11.6 Å². The van der Waals surface area contributed by atoms with Gasteiger partial charge in [0.1, 0.15) is 0 Å². The number of nitriles is 1. The van der Waals surface area contributed by atoms with Gasteiger partial charge in [0.25, 0.3) is 0 Å². The van der Waals surface area contributed by atoms with Crippen LogP contribution in [0.1, 0.15) is 16.8 Å². The molecule has 0 saturated heterocycles. The standard InChI is InChI=1S/C18H14N2/c1-20-17(12-16-4-2-3-5-18(16)20)11-10-14-6-8-15(13-19)9-7-14/h2-12H,1H3. The lowest BCUT2D eigenvalue weighted by atomic mass is 10.1. The molecule has 2 heteroatoms. The van der Waals surface area contributed by atoms with Gasteiger partial charge in [-0.05, 0) is 35.9 Å². The zero-order chi connectivity index (χ0) is 13.9. The second-order valence-corrected chi connectivity index (χ2v) is 4.75.